The van der Waals surface area contributed by atoms with Crippen LogP contribution in [0.5, 0.6) is 0 Å². The van der Waals surface area contributed by atoms with Crippen molar-refractivity contribution in [1.82, 2.24) is 5.32 Å². The Labute approximate surface area is 87.9 Å². The summed E-state index contributed by atoms with van der Waals surface area (Å²) >= 11 is 0. The molecule has 0 atom stereocenters. The largest absolute Gasteiger partial charge is 0.475 e. The molecule has 1 aromatic rings. The summed E-state index contributed by atoms with van der Waals surface area (Å²) in [5, 5.41) is 11.6. The fraction of sp³-hybridized carbons (Fsp3) is 0.273. The zero-order valence-corrected chi connectivity index (χ0v) is 8.49. The monoisotopic (exact) mass is 207 g/mol. The maximum absolute atomic E-state index is 11.3. The van der Waals surface area contributed by atoms with Gasteiger partial charge >= 0.3 is 5.97 Å². The van der Waals surface area contributed by atoms with Crippen molar-refractivity contribution >= 4 is 11.8 Å². The van der Waals surface area contributed by atoms with Gasteiger partial charge in [0.2, 0.25) is 0 Å². The minimum absolute atomic E-state index is 0.278. The van der Waals surface area contributed by atoms with Crippen LogP contribution in [0.4, 0.5) is 0 Å². The molecule has 15 heavy (non-hydrogen) atoms. The van der Waals surface area contributed by atoms with E-state index in [9.17, 15) is 9.59 Å². The molecule has 0 aliphatic rings. The highest BCUT2D eigenvalue weighted by atomic mass is 16.4. The normalized spacial score (nSPS) is 9.93. The maximum atomic E-state index is 11.3. The summed E-state index contributed by atoms with van der Waals surface area (Å²) in [5.41, 5.74) is 1.04. The molecule has 0 aromatic heterocycles. The van der Waals surface area contributed by atoms with E-state index in [1.54, 1.807) is 24.3 Å². The van der Waals surface area contributed by atoms with E-state index >= 15 is 0 Å². The number of nitrogens with one attached hydrogen (secondary N) is 1. The Balaban J connectivity index is 2.95. The first-order chi connectivity index (χ1) is 7.16. The van der Waals surface area contributed by atoms with Crippen LogP contribution >= 0.6 is 0 Å². The van der Waals surface area contributed by atoms with Gasteiger partial charge in [-0.1, -0.05) is 24.3 Å². The third-order valence-electron chi connectivity index (χ3n) is 2.10. The molecule has 2 N–H and O–H groups in total. The van der Waals surface area contributed by atoms with Gasteiger partial charge < -0.3 is 10.4 Å². The van der Waals surface area contributed by atoms with Crippen LogP contribution in [-0.2, 0) is 11.2 Å². The summed E-state index contributed by atoms with van der Waals surface area (Å²) in [4.78, 5) is 21.9. The predicted octanol–water partition coefficient (Wildman–Crippen LogP) is 0.716. The van der Waals surface area contributed by atoms with Gasteiger partial charge in [-0.3, -0.25) is 4.79 Å². The van der Waals surface area contributed by atoms with Gasteiger partial charge in [-0.05, 0) is 25.6 Å². The van der Waals surface area contributed by atoms with Gasteiger partial charge in [0.15, 0.2) is 0 Å². The molecule has 80 valence electrons. The molecule has 4 nitrogen and oxygen atoms in total. The second-order valence-electron chi connectivity index (χ2n) is 3.14. The van der Waals surface area contributed by atoms with Crippen molar-refractivity contribution in [3.05, 3.63) is 35.4 Å². The predicted molar refractivity (Wildman–Crippen MR) is 56.0 cm³/mol. The van der Waals surface area contributed by atoms with Crippen LogP contribution in [0.15, 0.2) is 24.3 Å². The number of carboxylic acids is 1. The Hall–Kier alpha value is -1.68. The topological polar surface area (TPSA) is 66.4 Å². The zero-order chi connectivity index (χ0) is 11.3. The number of rotatable bonds is 5. The molecule has 0 fully saturated rings. The number of aliphatic carboxylic acids is 1. The molecule has 4 heteroatoms. The standard InChI is InChI=1S/C11H13NO3/c1-12-7-6-8-4-2-3-5-9(8)10(13)11(14)15/h2-5,12H,6-7H2,1H3,(H,14,15). The molecule has 1 aromatic carbocycles. The first kappa shape index (κ1) is 11.4. The minimum atomic E-state index is -1.41. The highest BCUT2D eigenvalue weighted by Crippen LogP contribution is 2.10. The lowest BCUT2D eigenvalue weighted by Gasteiger charge is -2.05. The molecule has 0 unspecified atom stereocenters. The average molecular weight is 207 g/mol. The fourth-order valence-electron chi connectivity index (χ4n) is 1.33. The van der Waals surface area contributed by atoms with Crippen LogP contribution in [0.2, 0.25) is 0 Å². The number of benzene rings is 1. The number of carboxylic acid groups (broad SMARTS) is 1. The molecular formula is C11H13NO3. The van der Waals surface area contributed by atoms with Crippen LogP contribution in [0.3, 0.4) is 0 Å². The lowest BCUT2D eigenvalue weighted by molar-refractivity contribution is -0.131. The summed E-state index contributed by atoms with van der Waals surface area (Å²) in [7, 11) is 1.81. The Kier molecular flexibility index (Phi) is 4.00. The number of Topliss-reactive ketones (excluding diaryl/α,β-unsaturated/α-hetero) is 1. The summed E-state index contributed by atoms with van der Waals surface area (Å²) in [6, 6.07) is 6.78. The van der Waals surface area contributed by atoms with E-state index in [2.05, 4.69) is 5.32 Å². The van der Waals surface area contributed by atoms with Crippen LogP contribution < -0.4 is 5.32 Å². The fourth-order valence-corrected chi connectivity index (χ4v) is 1.33. The molecule has 0 saturated heterocycles. The minimum Gasteiger partial charge on any atom is -0.475 e. The van der Waals surface area contributed by atoms with Crippen molar-refractivity contribution in [1.29, 1.82) is 0 Å². The van der Waals surface area contributed by atoms with Crippen molar-refractivity contribution < 1.29 is 14.7 Å². The average Bonchev–Trinajstić information content (AvgIpc) is 2.25. The van der Waals surface area contributed by atoms with E-state index in [1.165, 1.54) is 0 Å². The molecule has 1 rings (SSSR count). The molecular weight excluding hydrogens is 194 g/mol. The Morgan fingerprint density at radius 2 is 2.00 bits per heavy atom. The van der Waals surface area contributed by atoms with E-state index in [4.69, 9.17) is 5.11 Å². The van der Waals surface area contributed by atoms with Gasteiger partial charge in [-0.2, -0.15) is 0 Å². The van der Waals surface area contributed by atoms with Crippen molar-refractivity contribution in [2.75, 3.05) is 13.6 Å². The number of carbonyl (C=O) groups excluding carboxylic acids is 1. The van der Waals surface area contributed by atoms with Crippen molar-refractivity contribution in [3.8, 4) is 0 Å². The van der Waals surface area contributed by atoms with Gasteiger partial charge in [0, 0.05) is 5.56 Å². The third-order valence-corrected chi connectivity index (χ3v) is 2.10. The highest BCUT2D eigenvalue weighted by Gasteiger charge is 2.17. The summed E-state index contributed by atoms with van der Waals surface area (Å²) < 4.78 is 0. The van der Waals surface area contributed by atoms with Crippen LogP contribution in [0.25, 0.3) is 0 Å². The molecule has 0 spiro atoms. The number of likely N-dealkylation sites (N-methyl/N-ethyl adjacent to an activating group) is 1. The van der Waals surface area contributed by atoms with Gasteiger partial charge in [0.05, 0.1) is 0 Å². The van der Waals surface area contributed by atoms with Gasteiger partial charge in [0.1, 0.15) is 0 Å². The Bertz CT molecular complexity index is 374. The number of ketones is 1. The molecule has 0 aliphatic carbocycles. The van der Waals surface area contributed by atoms with Gasteiger partial charge in [-0.15, -0.1) is 0 Å². The van der Waals surface area contributed by atoms with E-state index < -0.39 is 11.8 Å². The number of hydrogen-bond acceptors (Lipinski definition) is 3. The quantitative estimate of drug-likeness (QED) is 0.551. The first-order valence-electron chi connectivity index (χ1n) is 4.67. The summed E-state index contributed by atoms with van der Waals surface area (Å²) in [6.45, 7) is 0.712. The molecule has 0 amide bonds. The lowest BCUT2D eigenvalue weighted by Crippen LogP contribution is -2.17. The SMILES string of the molecule is CNCCc1ccccc1C(=O)C(=O)O. The van der Waals surface area contributed by atoms with Gasteiger partial charge in [-0.25, -0.2) is 4.79 Å². The Morgan fingerprint density at radius 3 is 2.60 bits per heavy atom. The first-order valence-corrected chi connectivity index (χ1v) is 4.67. The van der Waals surface area contributed by atoms with Crippen molar-refractivity contribution in [2.24, 2.45) is 0 Å². The van der Waals surface area contributed by atoms with Gasteiger partial charge in [0.25, 0.3) is 5.78 Å². The second-order valence-corrected chi connectivity index (χ2v) is 3.14. The van der Waals surface area contributed by atoms with E-state index in [0.717, 1.165) is 5.56 Å². The van der Waals surface area contributed by atoms with E-state index in [0.29, 0.717) is 13.0 Å². The molecule has 0 heterocycles. The Morgan fingerprint density at radius 1 is 1.33 bits per heavy atom. The van der Waals surface area contributed by atoms with Crippen molar-refractivity contribution in [3.63, 3.8) is 0 Å². The lowest BCUT2D eigenvalue weighted by atomic mass is 10.0. The molecule has 0 bridgehead atoms. The smallest absolute Gasteiger partial charge is 0.377 e. The van der Waals surface area contributed by atoms with Crippen molar-refractivity contribution in [2.45, 2.75) is 6.42 Å². The number of hydrogen-bond donors (Lipinski definition) is 2. The zero-order valence-electron chi connectivity index (χ0n) is 8.49. The summed E-state index contributed by atoms with van der Waals surface area (Å²) in [6.07, 6.45) is 0.645. The van der Waals surface area contributed by atoms with E-state index in [-0.39, 0.29) is 5.56 Å². The molecule has 0 saturated carbocycles. The second kappa shape index (κ2) is 5.26. The van der Waals surface area contributed by atoms with Crippen LogP contribution in [0, 0.1) is 0 Å². The molecule has 0 radical (unpaired) electrons. The third kappa shape index (κ3) is 2.89. The highest BCUT2D eigenvalue weighted by molar-refractivity contribution is 6.40. The van der Waals surface area contributed by atoms with Crippen LogP contribution in [-0.4, -0.2) is 30.5 Å². The van der Waals surface area contributed by atoms with E-state index in [1.807, 2.05) is 7.05 Å². The number of carbonyl (C=O) groups is 2. The molecule has 0 aliphatic heterocycles. The maximum Gasteiger partial charge on any atom is 0.377 e. The van der Waals surface area contributed by atoms with Crippen LogP contribution in [0.1, 0.15) is 15.9 Å². The summed E-state index contributed by atoms with van der Waals surface area (Å²) in [5.74, 6) is -2.26.